The van der Waals surface area contributed by atoms with Crippen LogP contribution in [0, 0.1) is 5.92 Å². The molecule has 0 bridgehead atoms. The minimum atomic E-state index is 0.0607. The molecular weight excluding hydrogens is 144 g/mol. The molecule has 1 aliphatic rings. The zero-order chi connectivity index (χ0) is 8.10. The summed E-state index contributed by atoms with van der Waals surface area (Å²) < 4.78 is 0. The lowest BCUT2D eigenvalue weighted by molar-refractivity contribution is -0.126. The molecule has 0 aliphatic carbocycles. The molecule has 1 heterocycles. The molecule has 0 aromatic rings. The van der Waals surface area contributed by atoms with Crippen molar-refractivity contribution in [2.24, 2.45) is 5.92 Å². The van der Waals surface area contributed by atoms with Gasteiger partial charge in [-0.3, -0.25) is 4.79 Å². The minimum absolute atomic E-state index is 0.0607. The summed E-state index contributed by atoms with van der Waals surface area (Å²) in [7, 11) is 0. The maximum Gasteiger partial charge on any atom is 0.225 e. The summed E-state index contributed by atoms with van der Waals surface area (Å²) in [6, 6.07) is 0. The summed E-state index contributed by atoms with van der Waals surface area (Å²) in [5, 5.41) is 5.68. The van der Waals surface area contributed by atoms with Gasteiger partial charge in [0.05, 0.1) is 5.92 Å². The van der Waals surface area contributed by atoms with E-state index in [9.17, 15) is 9.59 Å². The predicted octanol–water partition coefficient (Wildman–Crippen LogP) is -1.09. The molecule has 0 atom stereocenters. The molecule has 11 heavy (non-hydrogen) atoms. The van der Waals surface area contributed by atoms with E-state index >= 15 is 0 Å². The normalized spacial score (nSPS) is 17.1. The third-order valence-electron chi connectivity index (χ3n) is 1.71. The molecule has 0 spiro atoms. The Bertz CT molecular complexity index is 155. The second-order valence-corrected chi connectivity index (χ2v) is 2.60. The lowest BCUT2D eigenvalue weighted by Crippen LogP contribution is -2.50. The second kappa shape index (κ2) is 4.08. The van der Waals surface area contributed by atoms with E-state index in [-0.39, 0.29) is 11.8 Å². The van der Waals surface area contributed by atoms with Gasteiger partial charge in [-0.05, 0) is 0 Å². The fourth-order valence-corrected chi connectivity index (χ4v) is 0.873. The molecule has 0 radical (unpaired) electrons. The van der Waals surface area contributed by atoms with Crippen LogP contribution in [0.5, 0.6) is 0 Å². The maximum atomic E-state index is 11.0. The van der Waals surface area contributed by atoms with Gasteiger partial charge in [-0.1, -0.05) is 0 Å². The highest BCUT2D eigenvalue weighted by molar-refractivity contribution is 5.80. The maximum absolute atomic E-state index is 11.0. The standard InChI is InChI=1S/C7H12N2O2/c10-3-1-2-9-7(11)6-4-8-5-6/h3,6,8H,1-2,4-5H2,(H,9,11). The van der Waals surface area contributed by atoms with Crippen LogP contribution in [0.15, 0.2) is 0 Å². The van der Waals surface area contributed by atoms with Crippen molar-refractivity contribution in [3.63, 3.8) is 0 Å². The lowest BCUT2D eigenvalue weighted by atomic mass is 10.0. The van der Waals surface area contributed by atoms with Crippen LogP contribution in [0.2, 0.25) is 0 Å². The number of hydrogen-bond acceptors (Lipinski definition) is 3. The first kappa shape index (κ1) is 8.20. The summed E-state index contributed by atoms with van der Waals surface area (Å²) >= 11 is 0. The van der Waals surface area contributed by atoms with E-state index in [0.29, 0.717) is 13.0 Å². The quantitative estimate of drug-likeness (QED) is 0.402. The first-order valence-electron chi connectivity index (χ1n) is 3.76. The molecule has 4 nitrogen and oxygen atoms in total. The molecule has 0 aromatic heterocycles. The molecule has 62 valence electrons. The van der Waals surface area contributed by atoms with E-state index < -0.39 is 0 Å². The van der Waals surface area contributed by atoms with Gasteiger partial charge in [0, 0.05) is 26.1 Å². The molecule has 1 amide bonds. The van der Waals surface area contributed by atoms with Gasteiger partial charge in [0.15, 0.2) is 0 Å². The van der Waals surface area contributed by atoms with Crippen LogP contribution < -0.4 is 10.6 Å². The summed E-state index contributed by atoms with van der Waals surface area (Å²) in [6.07, 6.45) is 1.21. The molecule has 0 unspecified atom stereocenters. The fourth-order valence-electron chi connectivity index (χ4n) is 0.873. The van der Waals surface area contributed by atoms with Crippen molar-refractivity contribution >= 4 is 12.2 Å². The van der Waals surface area contributed by atoms with Crippen LogP contribution in [-0.2, 0) is 9.59 Å². The Kier molecular flexibility index (Phi) is 3.04. The Morgan fingerprint density at radius 2 is 2.36 bits per heavy atom. The van der Waals surface area contributed by atoms with Gasteiger partial charge >= 0.3 is 0 Å². The Labute approximate surface area is 65.3 Å². The van der Waals surface area contributed by atoms with Gasteiger partial charge in [-0.2, -0.15) is 0 Å². The van der Waals surface area contributed by atoms with Gasteiger partial charge in [-0.15, -0.1) is 0 Å². The van der Waals surface area contributed by atoms with Gasteiger partial charge < -0.3 is 15.4 Å². The first-order valence-corrected chi connectivity index (χ1v) is 3.76. The predicted molar refractivity (Wildman–Crippen MR) is 40.1 cm³/mol. The highest BCUT2D eigenvalue weighted by Crippen LogP contribution is 2.01. The number of rotatable bonds is 4. The third-order valence-corrected chi connectivity index (χ3v) is 1.71. The molecule has 1 saturated heterocycles. The van der Waals surface area contributed by atoms with Gasteiger partial charge in [0.2, 0.25) is 5.91 Å². The molecule has 1 rings (SSSR count). The molecule has 1 fully saturated rings. The number of carbonyl (C=O) groups excluding carboxylic acids is 2. The molecule has 0 saturated carbocycles. The monoisotopic (exact) mass is 156 g/mol. The van der Waals surface area contributed by atoms with E-state index in [1.54, 1.807) is 0 Å². The number of amides is 1. The summed E-state index contributed by atoms with van der Waals surface area (Å²) in [6.45, 7) is 2.01. The third kappa shape index (κ3) is 2.31. The average Bonchev–Trinajstić information content (AvgIpc) is 1.84. The smallest absolute Gasteiger partial charge is 0.225 e. The summed E-state index contributed by atoms with van der Waals surface area (Å²) in [5.74, 6) is 0.187. The molecule has 1 aliphatic heterocycles. The van der Waals surface area contributed by atoms with Crippen LogP contribution in [0.1, 0.15) is 6.42 Å². The zero-order valence-electron chi connectivity index (χ0n) is 6.30. The van der Waals surface area contributed by atoms with Crippen molar-refractivity contribution < 1.29 is 9.59 Å². The van der Waals surface area contributed by atoms with Crippen molar-refractivity contribution in [3.8, 4) is 0 Å². The van der Waals surface area contributed by atoms with Crippen molar-refractivity contribution in [3.05, 3.63) is 0 Å². The van der Waals surface area contributed by atoms with Crippen molar-refractivity contribution in [2.75, 3.05) is 19.6 Å². The van der Waals surface area contributed by atoms with Crippen molar-refractivity contribution in [1.82, 2.24) is 10.6 Å². The Morgan fingerprint density at radius 1 is 1.64 bits per heavy atom. The highest BCUT2D eigenvalue weighted by Gasteiger charge is 2.23. The topological polar surface area (TPSA) is 58.2 Å². The SMILES string of the molecule is O=CCCNC(=O)C1CNC1. The fraction of sp³-hybridized carbons (Fsp3) is 0.714. The second-order valence-electron chi connectivity index (χ2n) is 2.60. The van der Waals surface area contributed by atoms with Crippen LogP contribution in [0.4, 0.5) is 0 Å². The van der Waals surface area contributed by atoms with E-state index in [2.05, 4.69) is 10.6 Å². The van der Waals surface area contributed by atoms with Gasteiger partial charge in [-0.25, -0.2) is 0 Å². The number of carbonyl (C=O) groups is 2. The van der Waals surface area contributed by atoms with E-state index in [4.69, 9.17) is 0 Å². The summed E-state index contributed by atoms with van der Waals surface area (Å²) in [5.41, 5.74) is 0. The van der Waals surface area contributed by atoms with Crippen LogP contribution >= 0.6 is 0 Å². The average molecular weight is 156 g/mol. The first-order chi connectivity index (χ1) is 5.34. The Balaban J connectivity index is 2.05. The molecule has 2 N–H and O–H groups in total. The van der Waals surface area contributed by atoms with Gasteiger partial charge in [0.1, 0.15) is 6.29 Å². The molecule has 4 heteroatoms. The highest BCUT2D eigenvalue weighted by atomic mass is 16.2. The lowest BCUT2D eigenvalue weighted by Gasteiger charge is -2.25. The van der Waals surface area contributed by atoms with E-state index in [1.807, 2.05) is 0 Å². The van der Waals surface area contributed by atoms with E-state index in [1.165, 1.54) is 0 Å². The summed E-state index contributed by atoms with van der Waals surface area (Å²) in [4.78, 5) is 20.9. The van der Waals surface area contributed by atoms with Crippen molar-refractivity contribution in [1.29, 1.82) is 0 Å². The Morgan fingerprint density at radius 3 is 2.82 bits per heavy atom. The van der Waals surface area contributed by atoms with E-state index in [0.717, 1.165) is 19.4 Å². The zero-order valence-corrected chi connectivity index (χ0v) is 6.30. The molecule has 0 aromatic carbocycles. The Hall–Kier alpha value is -0.900. The number of aldehydes is 1. The van der Waals surface area contributed by atoms with Gasteiger partial charge in [0.25, 0.3) is 0 Å². The molecular formula is C7H12N2O2. The number of nitrogens with one attached hydrogen (secondary N) is 2. The van der Waals surface area contributed by atoms with Crippen LogP contribution in [-0.4, -0.2) is 31.8 Å². The number of hydrogen-bond donors (Lipinski definition) is 2. The van der Waals surface area contributed by atoms with Crippen molar-refractivity contribution in [2.45, 2.75) is 6.42 Å². The largest absolute Gasteiger partial charge is 0.355 e. The van der Waals surface area contributed by atoms with Crippen LogP contribution in [0.3, 0.4) is 0 Å². The minimum Gasteiger partial charge on any atom is -0.355 e. The van der Waals surface area contributed by atoms with Crippen LogP contribution in [0.25, 0.3) is 0 Å².